The number of hydrogen-bond donors (Lipinski definition) is 1. The maximum Gasteiger partial charge on any atom is 0.264 e. The number of benzene rings is 2. The molecule has 1 heterocycles. The van der Waals surface area contributed by atoms with Crippen LogP contribution in [0.4, 0.5) is 10.1 Å². The number of fused-ring (bicyclic) bond motifs is 1. The first-order valence-corrected chi connectivity index (χ1v) is 10.4. The molecule has 3 rings (SSSR count). The van der Waals surface area contributed by atoms with Crippen molar-refractivity contribution in [2.24, 2.45) is 0 Å². The highest BCUT2D eigenvalue weighted by molar-refractivity contribution is 9.10. The Labute approximate surface area is 180 Å². The zero-order valence-corrected chi connectivity index (χ0v) is 18.6. The summed E-state index contributed by atoms with van der Waals surface area (Å²) in [5.41, 5.74) is 2.10. The average Bonchev–Trinajstić information content (AvgIpc) is 3.03. The van der Waals surface area contributed by atoms with E-state index in [1.165, 1.54) is 29.4 Å². The first-order chi connectivity index (χ1) is 13.8. The van der Waals surface area contributed by atoms with Crippen LogP contribution in [-0.4, -0.2) is 37.4 Å². The molecule has 5 nitrogen and oxygen atoms in total. The Morgan fingerprint density at radius 2 is 2.03 bits per heavy atom. The van der Waals surface area contributed by atoms with Crippen LogP contribution in [0.3, 0.4) is 0 Å². The number of carbonyl (C=O) groups is 2. The Hall–Kier alpha value is -2.29. The molecule has 0 aliphatic rings. The molecule has 0 spiro atoms. The highest BCUT2D eigenvalue weighted by atomic mass is 79.9. The first-order valence-electron chi connectivity index (χ1n) is 8.82. The number of nitrogens with zero attached hydrogens (tertiary/aromatic N) is 1. The van der Waals surface area contributed by atoms with Gasteiger partial charge in [-0.25, -0.2) is 4.39 Å². The number of nitrogens with one attached hydrogen (secondary N) is 1. The quantitative estimate of drug-likeness (QED) is 0.544. The summed E-state index contributed by atoms with van der Waals surface area (Å²) < 4.78 is 21.1. The summed E-state index contributed by atoms with van der Waals surface area (Å²) in [5.74, 6) is -1.05. The van der Waals surface area contributed by atoms with Crippen LogP contribution in [0, 0.1) is 12.7 Å². The van der Waals surface area contributed by atoms with Crippen molar-refractivity contribution in [3.05, 3.63) is 62.7 Å². The standard InChI is InChI=1S/C21H20BrFN2O3S/c1-12-9-13(22)7-8-16(12)24-18(26)10-25(2)21(27)20-14(11-28-3)19-15(23)5-4-6-17(19)29-20/h4-9H,10-11H2,1-3H3,(H,24,26). The molecule has 1 aromatic heterocycles. The lowest BCUT2D eigenvalue weighted by Crippen LogP contribution is -2.35. The predicted molar refractivity (Wildman–Crippen MR) is 117 cm³/mol. The number of hydrogen-bond acceptors (Lipinski definition) is 4. The van der Waals surface area contributed by atoms with Crippen LogP contribution in [0.5, 0.6) is 0 Å². The van der Waals surface area contributed by atoms with E-state index in [0.29, 0.717) is 26.2 Å². The second kappa shape index (κ2) is 9.02. The summed E-state index contributed by atoms with van der Waals surface area (Å²) in [6.07, 6.45) is 0. The topological polar surface area (TPSA) is 58.6 Å². The molecule has 2 aromatic carbocycles. The van der Waals surface area contributed by atoms with Gasteiger partial charge in [-0.15, -0.1) is 11.3 Å². The van der Waals surface area contributed by atoms with Crippen LogP contribution in [0.1, 0.15) is 20.8 Å². The van der Waals surface area contributed by atoms with Crippen molar-refractivity contribution in [1.82, 2.24) is 4.90 Å². The Morgan fingerprint density at radius 1 is 1.28 bits per heavy atom. The summed E-state index contributed by atoms with van der Waals surface area (Å²) in [5, 5.41) is 3.21. The van der Waals surface area contributed by atoms with E-state index in [4.69, 9.17) is 4.74 Å². The third kappa shape index (κ3) is 4.66. The second-order valence-corrected chi connectivity index (χ2v) is 8.59. The number of amides is 2. The van der Waals surface area contributed by atoms with Gasteiger partial charge in [0, 0.05) is 40.0 Å². The van der Waals surface area contributed by atoms with Crippen LogP contribution in [0.2, 0.25) is 0 Å². The first kappa shape index (κ1) is 21.4. The van der Waals surface area contributed by atoms with Crippen molar-refractivity contribution < 1.29 is 18.7 Å². The Kier molecular flexibility index (Phi) is 6.66. The van der Waals surface area contributed by atoms with Gasteiger partial charge in [-0.05, 0) is 42.8 Å². The molecular weight excluding hydrogens is 459 g/mol. The monoisotopic (exact) mass is 478 g/mol. The molecule has 152 valence electrons. The molecule has 0 aliphatic heterocycles. The van der Waals surface area contributed by atoms with E-state index in [1.54, 1.807) is 25.2 Å². The fourth-order valence-corrected chi connectivity index (χ4v) is 4.73. The molecule has 8 heteroatoms. The molecule has 0 bridgehead atoms. The number of halogens is 2. The highest BCUT2D eigenvalue weighted by Gasteiger charge is 2.24. The van der Waals surface area contributed by atoms with E-state index >= 15 is 0 Å². The normalized spacial score (nSPS) is 10.9. The molecule has 0 aliphatic carbocycles. The number of likely N-dealkylation sites (N-methyl/N-ethyl adjacent to an activating group) is 1. The molecule has 1 N–H and O–H groups in total. The lowest BCUT2D eigenvalue weighted by atomic mass is 10.1. The van der Waals surface area contributed by atoms with Gasteiger partial charge in [0.1, 0.15) is 5.82 Å². The van der Waals surface area contributed by atoms with E-state index in [0.717, 1.165) is 10.0 Å². The summed E-state index contributed by atoms with van der Waals surface area (Å²) in [6, 6.07) is 10.3. The fourth-order valence-electron chi connectivity index (χ4n) is 3.04. The van der Waals surface area contributed by atoms with Gasteiger partial charge in [-0.2, -0.15) is 0 Å². The zero-order chi connectivity index (χ0) is 21.1. The van der Waals surface area contributed by atoms with Crippen molar-refractivity contribution in [3.63, 3.8) is 0 Å². The van der Waals surface area contributed by atoms with Gasteiger partial charge < -0.3 is 15.0 Å². The Balaban J connectivity index is 1.80. The number of anilines is 1. The van der Waals surface area contributed by atoms with Crippen LogP contribution in [-0.2, 0) is 16.1 Å². The molecule has 0 unspecified atom stereocenters. The van der Waals surface area contributed by atoms with Crippen molar-refractivity contribution in [3.8, 4) is 0 Å². The largest absolute Gasteiger partial charge is 0.380 e. The van der Waals surface area contributed by atoms with Crippen LogP contribution >= 0.6 is 27.3 Å². The number of rotatable bonds is 6. The molecule has 2 amide bonds. The van der Waals surface area contributed by atoms with Crippen molar-refractivity contribution in [1.29, 1.82) is 0 Å². The molecule has 0 atom stereocenters. The summed E-state index contributed by atoms with van der Waals surface area (Å²) in [6.45, 7) is 1.87. The van der Waals surface area contributed by atoms with E-state index in [1.807, 2.05) is 19.1 Å². The van der Waals surface area contributed by atoms with Gasteiger partial charge in [0.05, 0.1) is 18.0 Å². The van der Waals surface area contributed by atoms with Gasteiger partial charge in [0.25, 0.3) is 5.91 Å². The number of aryl methyl sites for hydroxylation is 1. The highest BCUT2D eigenvalue weighted by Crippen LogP contribution is 2.34. The molecular formula is C21H20BrFN2O3S. The molecule has 0 saturated carbocycles. The Morgan fingerprint density at radius 3 is 2.72 bits per heavy atom. The molecule has 29 heavy (non-hydrogen) atoms. The van der Waals surface area contributed by atoms with Gasteiger partial charge in [0.15, 0.2) is 0 Å². The lowest BCUT2D eigenvalue weighted by molar-refractivity contribution is -0.116. The minimum atomic E-state index is -0.393. The van der Waals surface area contributed by atoms with Crippen LogP contribution in [0.15, 0.2) is 40.9 Å². The number of thiophene rings is 1. The van der Waals surface area contributed by atoms with E-state index in [2.05, 4.69) is 21.2 Å². The second-order valence-electron chi connectivity index (χ2n) is 6.62. The molecule has 0 radical (unpaired) electrons. The minimum absolute atomic E-state index is 0.111. The van der Waals surface area contributed by atoms with E-state index in [9.17, 15) is 14.0 Å². The number of carbonyl (C=O) groups excluding carboxylic acids is 2. The average molecular weight is 479 g/mol. The summed E-state index contributed by atoms with van der Waals surface area (Å²) in [7, 11) is 3.05. The molecule has 3 aromatic rings. The molecule has 0 saturated heterocycles. The van der Waals surface area contributed by atoms with E-state index < -0.39 is 5.82 Å². The smallest absolute Gasteiger partial charge is 0.264 e. The van der Waals surface area contributed by atoms with Gasteiger partial charge in [0.2, 0.25) is 5.91 Å². The number of ether oxygens (including phenoxy) is 1. The van der Waals surface area contributed by atoms with Gasteiger partial charge in [-0.1, -0.05) is 22.0 Å². The van der Waals surface area contributed by atoms with Crippen LogP contribution in [0.25, 0.3) is 10.1 Å². The SMILES string of the molecule is COCc1c(C(=O)N(C)CC(=O)Nc2ccc(Br)cc2C)sc2cccc(F)c12. The van der Waals surface area contributed by atoms with Crippen molar-refractivity contribution in [2.45, 2.75) is 13.5 Å². The van der Waals surface area contributed by atoms with Gasteiger partial charge in [-0.3, -0.25) is 9.59 Å². The third-order valence-corrected chi connectivity index (χ3v) is 6.11. The summed E-state index contributed by atoms with van der Waals surface area (Å²) >= 11 is 4.59. The van der Waals surface area contributed by atoms with Crippen molar-refractivity contribution in [2.75, 3.05) is 26.0 Å². The zero-order valence-electron chi connectivity index (χ0n) is 16.2. The lowest BCUT2D eigenvalue weighted by Gasteiger charge is -2.17. The molecule has 0 fully saturated rings. The van der Waals surface area contributed by atoms with Gasteiger partial charge >= 0.3 is 0 Å². The minimum Gasteiger partial charge on any atom is -0.380 e. The third-order valence-electron chi connectivity index (χ3n) is 4.44. The van der Waals surface area contributed by atoms with E-state index in [-0.39, 0.29) is 25.0 Å². The maximum atomic E-state index is 14.3. The fraction of sp³-hybridized carbons (Fsp3) is 0.238. The van der Waals surface area contributed by atoms with Crippen LogP contribution < -0.4 is 5.32 Å². The summed E-state index contributed by atoms with van der Waals surface area (Å²) in [4.78, 5) is 27.1. The maximum absolute atomic E-state index is 14.3. The number of methoxy groups -OCH3 is 1. The van der Waals surface area contributed by atoms with Crippen molar-refractivity contribution >= 4 is 54.9 Å². The Bertz CT molecular complexity index is 1080. The predicted octanol–water partition coefficient (Wildman–Crippen LogP) is 4.97.